The number of hydrogen-bond donors (Lipinski definition) is 0. The normalized spacial score (nSPS) is 11.4. The van der Waals surface area contributed by atoms with Crippen LogP contribution in [0.5, 0.6) is 0 Å². The zero-order valence-corrected chi connectivity index (χ0v) is 16.8. The summed E-state index contributed by atoms with van der Waals surface area (Å²) in [5.41, 5.74) is 2.28. The number of aryl methyl sites for hydroxylation is 2. The van der Waals surface area contributed by atoms with Crippen LogP contribution in [0.3, 0.4) is 0 Å². The van der Waals surface area contributed by atoms with Crippen molar-refractivity contribution in [3.63, 3.8) is 0 Å². The smallest absolute Gasteiger partial charge is 0.744 e. The maximum absolute atomic E-state index is 11.4. The summed E-state index contributed by atoms with van der Waals surface area (Å²) in [4.78, 5) is -0.115. The van der Waals surface area contributed by atoms with E-state index in [4.69, 9.17) is 0 Å². The summed E-state index contributed by atoms with van der Waals surface area (Å²) < 4.78 is 34.1. The van der Waals surface area contributed by atoms with Crippen molar-refractivity contribution in [2.24, 2.45) is 0 Å². The number of rotatable bonds is 5. The molecular formula is C16H19KO3S. The summed E-state index contributed by atoms with van der Waals surface area (Å²) in [6.45, 7) is 4.19. The van der Waals surface area contributed by atoms with E-state index in [0.29, 0.717) is 5.39 Å². The Labute approximate surface area is 169 Å². The number of benzene rings is 2. The molecule has 0 unspecified atom stereocenters. The summed E-state index contributed by atoms with van der Waals surface area (Å²) in [6, 6.07) is 8.92. The molecule has 108 valence electrons. The Balaban J connectivity index is 0.00000220. The van der Waals surface area contributed by atoms with Crippen molar-refractivity contribution >= 4 is 20.9 Å². The van der Waals surface area contributed by atoms with Gasteiger partial charge in [-0.2, -0.15) is 0 Å². The van der Waals surface area contributed by atoms with Crippen molar-refractivity contribution in [2.75, 3.05) is 0 Å². The van der Waals surface area contributed by atoms with E-state index in [9.17, 15) is 13.0 Å². The second-order valence-corrected chi connectivity index (χ2v) is 6.40. The van der Waals surface area contributed by atoms with Gasteiger partial charge in [-0.05, 0) is 40.8 Å². The van der Waals surface area contributed by atoms with Crippen LogP contribution >= 0.6 is 0 Å². The summed E-state index contributed by atoms with van der Waals surface area (Å²) in [5.74, 6) is 0. The largest absolute Gasteiger partial charge is 1.00 e. The molecule has 0 bridgehead atoms. The Morgan fingerprint density at radius 2 is 1.62 bits per heavy atom. The Morgan fingerprint density at radius 1 is 0.952 bits per heavy atom. The van der Waals surface area contributed by atoms with Gasteiger partial charge in [0, 0.05) is 0 Å². The van der Waals surface area contributed by atoms with Gasteiger partial charge in [-0.3, -0.25) is 0 Å². The minimum atomic E-state index is -4.44. The van der Waals surface area contributed by atoms with Crippen LogP contribution in [0.25, 0.3) is 10.8 Å². The summed E-state index contributed by atoms with van der Waals surface area (Å²) in [7, 11) is -4.44. The van der Waals surface area contributed by atoms with Gasteiger partial charge in [0.1, 0.15) is 10.1 Å². The molecule has 0 saturated carbocycles. The molecule has 0 fully saturated rings. The van der Waals surface area contributed by atoms with Crippen LogP contribution in [0.15, 0.2) is 35.2 Å². The minimum Gasteiger partial charge on any atom is -0.744 e. The van der Waals surface area contributed by atoms with Gasteiger partial charge in [-0.1, -0.05) is 51.0 Å². The molecular weight excluding hydrogens is 311 g/mol. The molecule has 2 rings (SSSR count). The van der Waals surface area contributed by atoms with Gasteiger partial charge in [0.15, 0.2) is 0 Å². The van der Waals surface area contributed by atoms with Crippen molar-refractivity contribution < 1.29 is 64.4 Å². The minimum absolute atomic E-state index is 0. The van der Waals surface area contributed by atoms with Crippen LogP contribution in [0.4, 0.5) is 0 Å². The maximum Gasteiger partial charge on any atom is 1.00 e. The van der Waals surface area contributed by atoms with Crippen LogP contribution in [-0.4, -0.2) is 13.0 Å². The Morgan fingerprint density at radius 3 is 2.19 bits per heavy atom. The van der Waals surface area contributed by atoms with E-state index in [1.54, 1.807) is 12.1 Å². The third kappa shape index (κ3) is 4.61. The average Bonchev–Trinajstić information content (AvgIpc) is 2.38. The third-order valence-corrected chi connectivity index (χ3v) is 4.35. The molecule has 0 radical (unpaired) electrons. The fourth-order valence-electron chi connectivity index (χ4n) is 2.58. The molecule has 0 amide bonds. The molecule has 0 aliphatic carbocycles. The average molecular weight is 330 g/mol. The van der Waals surface area contributed by atoms with Gasteiger partial charge >= 0.3 is 51.4 Å². The standard InChI is InChI=1S/C16H20O3S.K/c1-3-5-12-7-9-14-15(11-12)13(6-4-2)8-10-16(14)20(17,18)19;/h7-11H,3-6H2,1-2H3,(H,17,18,19);/q;+1/p-1. The molecule has 0 aliphatic rings. The van der Waals surface area contributed by atoms with Crippen LogP contribution < -0.4 is 51.4 Å². The zero-order valence-electron chi connectivity index (χ0n) is 12.8. The SMILES string of the molecule is CCCc1ccc2c(S(=O)(=O)[O-])ccc(CCC)c2c1.[K+]. The number of hydrogen-bond acceptors (Lipinski definition) is 3. The molecule has 3 nitrogen and oxygen atoms in total. The van der Waals surface area contributed by atoms with Crippen molar-refractivity contribution in [3.8, 4) is 0 Å². The topological polar surface area (TPSA) is 57.2 Å². The Bertz CT molecular complexity index is 724. The van der Waals surface area contributed by atoms with E-state index >= 15 is 0 Å². The number of fused-ring (bicyclic) bond motifs is 1. The molecule has 0 aromatic heterocycles. The molecule has 0 heterocycles. The van der Waals surface area contributed by atoms with Crippen LogP contribution in [0.2, 0.25) is 0 Å². The van der Waals surface area contributed by atoms with Gasteiger partial charge in [0.2, 0.25) is 0 Å². The van der Waals surface area contributed by atoms with Gasteiger partial charge in [-0.25, -0.2) is 8.42 Å². The monoisotopic (exact) mass is 330 g/mol. The van der Waals surface area contributed by atoms with E-state index < -0.39 is 10.1 Å². The molecule has 0 atom stereocenters. The van der Waals surface area contributed by atoms with Crippen LogP contribution in [-0.2, 0) is 23.0 Å². The van der Waals surface area contributed by atoms with Gasteiger partial charge in [0.25, 0.3) is 0 Å². The van der Waals surface area contributed by atoms with E-state index in [2.05, 4.69) is 13.8 Å². The predicted octanol–water partition coefficient (Wildman–Crippen LogP) is 0.653. The van der Waals surface area contributed by atoms with Crippen molar-refractivity contribution in [2.45, 2.75) is 44.4 Å². The second-order valence-electron chi connectivity index (χ2n) is 5.06. The molecule has 0 N–H and O–H groups in total. The van der Waals surface area contributed by atoms with E-state index in [1.807, 2.05) is 12.1 Å². The second kappa shape index (κ2) is 8.20. The first-order valence-corrected chi connectivity index (χ1v) is 8.38. The first kappa shape index (κ1) is 19.3. The summed E-state index contributed by atoms with van der Waals surface area (Å²) in [6.07, 6.45) is 3.85. The predicted molar refractivity (Wildman–Crippen MR) is 79.9 cm³/mol. The molecule has 2 aromatic rings. The van der Waals surface area contributed by atoms with Gasteiger partial charge in [0.05, 0.1) is 4.90 Å². The fourth-order valence-corrected chi connectivity index (χ4v) is 3.26. The quantitative estimate of drug-likeness (QED) is 0.597. The van der Waals surface area contributed by atoms with Gasteiger partial charge in [-0.15, -0.1) is 0 Å². The van der Waals surface area contributed by atoms with E-state index in [1.165, 1.54) is 11.6 Å². The van der Waals surface area contributed by atoms with E-state index in [0.717, 1.165) is 36.6 Å². The Kier molecular flexibility index (Phi) is 7.53. The van der Waals surface area contributed by atoms with Gasteiger partial charge < -0.3 is 4.55 Å². The third-order valence-electron chi connectivity index (χ3n) is 3.46. The zero-order chi connectivity index (χ0) is 14.8. The fraction of sp³-hybridized carbons (Fsp3) is 0.375. The Hall–Kier alpha value is 0.246. The summed E-state index contributed by atoms with van der Waals surface area (Å²) in [5, 5.41) is 1.44. The van der Waals surface area contributed by atoms with Crippen LogP contribution in [0, 0.1) is 0 Å². The van der Waals surface area contributed by atoms with Crippen LogP contribution in [0.1, 0.15) is 37.8 Å². The van der Waals surface area contributed by atoms with Crippen molar-refractivity contribution in [3.05, 3.63) is 41.5 Å². The molecule has 0 aliphatic heterocycles. The molecule has 0 saturated heterocycles. The first-order valence-electron chi connectivity index (χ1n) is 6.97. The molecule has 21 heavy (non-hydrogen) atoms. The first-order chi connectivity index (χ1) is 9.47. The molecule has 2 aromatic carbocycles. The molecule has 0 spiro atoms. The molecule has 5 heteroatoms. The maximum atomic E-state index is 11.4. The van der Waals surface area contributed by atoms with E-state index in [-0.39, 0.29) is 56.3 Å². The van der Waals surface area contributed by atoms with Crippen molar-refractivity contribution in [1.29, 1.82) is 0 Å². The summed E-state index contributed by atoms with van der Waals surface area (Å²) >= 11 is 0. The van der Waals surface area contributed by atoms with Crippen molar-refractivity contribution in [1.82, 2.24) is 0 Å².